The van der Waals surface area contributed by atoms with E-state index < -0.39 is 12.1 Å². The topological polar surface area (TPSA) is 78.9 Å². The van der Waals surface area contributed by atoms with E-state index in [1.807, 2.05) is 6.07 Å². The molecule has 0 aromatic heterocycles. The normalized spacial score (nSPS) is 34.8. The first-order valence-corrected chi connectivity index (χ1v) is 2.21. The molecule has 0 spiro atoms. The van der Waals surface area contributed by atoms with Crippen molar-refractivity contribution in [2.24, 2.45) is 5.73 Å². The molecule has 0 bridgehead atoms. The van der Waals surface area contributed by atoms with Gasteiger partial charge >= 0.3 is 0 Å². The van der Waals surface area contributed by atoms with E-state index in [0.717, 1.165) is 0 Å². The lowest BCUT2D eigenvalue weighted by molar-refractivity contribution is -0.128. The number of carbonyl (C=O) groups excluding carboxylic acids is 1. The summed E-state index contributed by atoms with van der Waals surface area (Å²) in [6, 6.07) is 0.771. The van der Waals surface area contributed by atoms with Crippen LogP contribution >= 0.6 is 0 Å². The third kappa shape index (κ3) is 0.453. The average Bonchev–Trinajstić information content (AvgIpc) is 1.81. The lowest BCUT2D eigenvalue weighted by Gasteiger charge is -2.27. The second kappa shape index (κ2) is 1.46. The van der Waals surface area contributed by atoms with Gasteiger partial charge < -0.3 is 11.1 Å². The van der Waals surface area contributed by atoms with Crippen molar-refractivity contribution in [1.82, 2.24) is 5.32 Å². The minimum atomic E-state index is -0.597. The molecule has 2 atom stereocenters. The third-order valence-electron chi connectivity index (χ3n) is 1.10. The molecule has 1 rings (SSSR count). The van der Waals surface area contributed by atoms with Gasteiger partial charge in [-0.25, -0.2) is 0 Å². The molecule has 4 nitrogen and oxygen atoms in total. The van der Waals surface area contributed by atoms with Crippen molar-refractivity contribution in [3.8, 4) is 6.07 Å². The summed E-state index contributed by atoms with van der Waals surface area (Å²) in [6.45, 7) is 0. The Morgan fingerprint density at radius 2 is 2.50 bits per heavy atom. The highest BCUT2D eigenvalue weighted by Crippen LogP contribution is 1.99. The first kappa shape index (κ1) is 5.06. The molecule has 0 saturated carbocycles. The molecule has 42 valence electrons. The van der Waals surface area contributed by atoms with Crippen molar-refractivity contribution < 1.29 is 4.79 Å². The number of nitrogens with zero attached hydrogens (tertiary/aromatic N) is 1. The number of nitrogens with two attached hydrogens (primary N) is 1. The third-order valence-corrected chi connectivity index (χ3v) is 1.10. The van der Waals surface area contributed by atoms with Gasteiger partial charge in [0.25, 0.3) is 0 Å². The smallest absolute Gasteiger partial charge is 0.241 e. The minimum absolute atomic E-state index is 0.239. The van der Waals surface area contributed by atoms with Gasteiger partial charge in [0.1, 0.15) is 12.1 Å². The second-order valence-corrected chi connectivity index (χ2v) is 1.64. The van der Waals surface area contributed by atoms with E-state index >= 15 is 0 Å². The zero-order chi connectivity index (χ0) is 6.15. The van der Waals surface area contributed by atoms with E-state index in [9.17, 15) is 4.79 Å². The monoisotopic (exact) mass is 111 g/mol. The molecule has 4 heteroatoms. The Balaban J connectivity index is 2.50. The fourth-order valence-corrected chi connectivity index (χ4v) is 0.507. The van der Waals surface area contributed by atoms with E-state index in [0.29, 0.717) is 0 Å². The van der Waals surface area contributed by atoms with Gasteiger partial charge in [-0.1, -0.05) is 0 Å². The molecule has 0 radical (unpaired) electrons. The molecule has 0 aromatic carbocycles. The summed E-state index contributed by atoms with van der Waals surface area (Å²) in [7, 11) is 0. The van der Waals surface area contributed by atoms with Crippen LogP contribution < -0.4 is 11.1 Å². The zero-order valence-electron chi connectivity index (χ0n) is 4.09. The van der Waals surface area contributed by atoms with E-state index in [1.54, 1.807) is 0 Å². The minimum Gasteiger partial charge on any atom is -0.337 e. The maximum absolute atomic E-state index is 10.2. The summed E-state index contributed by atoms with van der Waals surface area (Å²) in [5.74, 6) is -0.239. The predicted octanol–water partition coefficient (Wildman–Crippen LogP) is -1.66. The molecule has 1 aliphatic rings. The predicted molar refractivity (Wildman–Crippen MR) is 25.5 cm³/mol. The lowest BCUT2D eigenvalue weighted by atomic mass is 10.0. The van der Waals surface area contributed by atoms with Crippen molar-refractivity contribution in [3.05, 3.63) is 0 Å². The highest BCUT2D eigenvalue weighted by atomic mass is 16.2. The summed E-state index contributed by atoms with van der Waals surface area (Å²) < 4.78 is 0. The van der Waals surface area contributed by atoms with Crippen LogP contribution in [0.1, 0.15) is 0 Å². The summed E-state index contributed by atoms with van der Waals surface area (Å²) in [5.41, 5.74) is 5.14. The van der Waals surface area contributed by atoms with Crippen molar-refractivity contribution in [2.45, 2.75) is 12.1 Å². The lowest BCUT2D eigenvalue weighted by Crippen LogP contribution is -2.65. The summed E-state index contributed by atoms with van der Waals surface area (Å²) in [5, 5.41) is 10.4. The summed E-state index contributed by atoms with van der Waals surface area (Å²) >= 11 is 0. The van der Waals surface area contributed by atoms with E-state index in [2.05, 4.69) is 5.32 Å². The van der Waals surface area contributed by atoms with E-state index in [4.69, 9.17) is 11.0 Å². The van der Waals surface area contributed by atoms with Gasteiger partial charge in [-0.05, 0) is 0 Å². The number of amides is 1. The van der Waals surface area contributed by atoms with Crippen molar-refractivity contribution in [3.63, 3.8) is 0 Å². The Bertz CT molecular complexity index is 159. The first-order chi connectivity index (χ1) is 3.75. The fourth-order valence-electron chi connectivity index (χ4n) is 0.507. The fraction of sp³-hybridized carbons (Fsp3) is 0.500. The van der Waals surface area contributed by atoms with E-state index in [1.165, 1.54) is 0 Å². The number of nitrogens with one attached hydrogen (secondary N) is 1. The number of β-lactam (4-membered cyclic amide) rings is 1. The highest BCUT2D eigenvalue weighted by Gasteiger charge is 2.35. The quantitative estimate of drug-likeness (QED) is 0.367. The maximum atomic E-state index is 10.2. The van der Waals surface area contributed by atoms with Crippen LogP contribution in [0, 0.1) is 11.3 Å². The summed E-state index contributed by atoms with van der Waals surface area (Å²) in [6.07, 6.45) is 0. The molecule has 1 heterocycles. The number of rotatable bonds is 0. The number of carbonyl (C=O) groups is 1. The van der Waals surface area contributed by atoms with Gasteiger partial charge in [-0.15, -0.1) is 0 Å². The average molecular weight is 111 g/mol. The Morgan fingerprint density at radius 3 is 2.62 bits per heavy atom. The molecule has 1 aliphatic heterocycles. The van der Waals surface area contributed by atoms with Gasteiger partial charge in [-0.2, -0.15) is 5.26 Å². The molecule has 1 saturated heterocycles. The second-order valence-electron chi connectivity index (χ2n) is 1.64. The van der Waals surface area contributed by atoms with Crippen LogP contribution in [0.4, 0.5) is 0 Å². The molecular weight excluding hydrogens is 106 g/mol. The Labute approximate surface area is 46.3 Å². The largest absolute Gasteiger partial charge is 0.337 e. The Kier molecular flexibility index (Phi) is 0.922. The Hall–Kier alpha value is -1.08. The van der Waals surface area contributed by atoms with Crippen LogP contribution in [-0.2, 0) is 4.79 Å². The standard InChI is InChI=1S/C4H5N3O/c5-1-2-3(6)4(8)7-2/h2-3H,6H2,(H,7,8)/t2?,3-/m0/s1. The summed E-state index contributed by atoms with van der Waals surface area (Å²) in [4.78, 5) is 10.2. The first-order valence-electron chi connectivity index (χ1n) is 2.21. The SMILES string of the molecule is N#CC1NC(=O)[C@H]1N. The van der Waals surface area contributed by atoms with Crippen LogP contribution in [0.3, 0.4) is 0 Å². The molecule has 1 fully saturated rings. The number of hydrogen-bond acceptors (Lipinski definition) is 3. The van der Waals surface area contributed by atoms with Crippen molar-refractivity contribution >= 4 is 5.91 Å². The van der Waals surface area contributed by atoms with Gasteiger partial charge in [0.15, 0.2) is 0 Å². The van der Waals surface area contributed by atoms with Crippen LogP contribution in [-0.4, -0.2) is 18.0 Å². The zero-order valence-corrected chi connectivity index (χ0v) is 4.09. The number of nitriles is 1. The van der Waals surface area contributed by atoms with E-state index in [-0.39, 0.29) is 5.91 Å². The molecule has 8 heavy (non-hydrogen) atoms. The van der Waals surface area contributed by atoms with Crippen LogP contribution in [0.5, 0.6) is 0 Å². The van der Waals surface area contributed by atoms with Crippen LogP contribution in [0.15, 0.2) is 0 Å². The molecule has 1 unspecified atom stereocenters. The van der Waals surface area contributed by atoms with Gasteiger partial charge in [0.05, 0.1) is 6.07 Å². The highest BCUT2D eigenvalue weighted by molar-refractivity contribution is 5.90. The number of hydrogen-bond donors (Lipinski definition) is 2. The molecule has 0 aliphatic carbocycles. The van der Waals surface area contributed by atoms with Gasteiger partial charge in [-0.3, -0.25) is 4.79 Å². The van der Waals surface area contributed by atoms with Crippen LogP contribution in [0.2, 0.25) is 0 Å². The molecule has 3 N–H and O–H groups in total. The van der Waals surface area contributed by atoms with Gasteiger partial charge in [0.2, 0.25) is 5.91 Å². The van der Waals surface area contributed by atoms with Gasteiger partial charge in [0, 0.05) is 0 Å². The maximum Gasteiger partial charge on any atom is 0.241 e. The van der Waals surface area contributed by atoms with Crippen molar-refractivity contribution in [2.75, 3.05) is 0 Å². The Morgan fingerprint density at radius 1 is 1.88 bits per heavy atom. The molecule has 1 amide bonds. The molecular formula is C4H5N3O. The van der Waals surface area contributed by atoms with Crippen molar-refractivity contribution in [1.29, 1.82) is 5.26 Å². The molecule has 0 aromatic rings. The van der Waals surface area contributed by atoms with Crippen LogP contribution in [0.25, 0.3) is 0 Å².